The smallest absolute Gasteiger partial charge is 0.256 e. The third kappa shape index (κ3) is 3.32. The van der Waals surface area contributed by atoms with Crippen LogP contribution in [0.4, 0.5) is 5.69 Å². The molecule has 0 saturated carbocycles. The summed E-state index contributed by atoms with van der Waals surface area (Å²) in [6, 6.07) is 11.3. The minimum Gasteiger partial charge on any atom is -0.321 e. The van der Waals surface area contributed by atoms with Crippen molar-refractivity contribution in [2.24, 2.45) is 0 Å². The summed E-state index contributed by atoms with van der Waals surface area (Å²) < 4.78 is 0.805. The number of carbonyl (C=O) groups is 1. The fourth-order valence-electron chi connectivity index (χ4n) is 2.44. The molecule has 0 aliphatic heterocycles. The van der Waals surface area contributed by atoms with Gasteiger partial charge in [0, 0.05) is 10.0 Å². The van der Waals surface area contributed by atoms with Gasteiger partial charge in [-0.15, -0.1) is 0 Å². The van der Waals surface area contributed by atoms with Gasteiger partial charge >= 0.3 is 0 Å². The Kier molecular flexibility index (Phi) is 4.44. The highest BCUT2D eigenvalue weighted by Crippen LogP contribution is 2.23. The number of hydrogen-bond donors (Lipinski definition) is 1. The quantitative estimate of drug-likeness (QED) is 0.873. The van der Waals surface area contributed by atoms with Crippen molar-refractivity contribution in [3.63, 3.8) is 0 Å². The molecule has 0 aliphatic rings. The Hall–Kier alpha value is -2.12. The van der Waals surface area contributed by atoms with E-state index in [-0.39, 0.29) is 5.91 Å². The van der Waals surface area contributed by atoms with Crippen LogP contribution in [0.5, 0.6) is 0 Å². The predicted molar refractivity (Wildman–Crippen MR) is 87.5 cm³/mol. The Balaban J connectivity index is 2.38. The van der Waals surface area contributed by atoms with Crippen LogP contribution in [0.1, 0.15) is 32.6 Å². The first kappa shape index (κ1) is 15.3. The topological polar surface area (TPSA) is 52.9 Å². The fourth-order valence-corrected chi connectivity index (χ4v) is 2.80. The molecule has 0 spiro atoms. The van der Waals surface area contributed by atoms with Gasteiger partial charge in [-0.3, -0.25) is 4.79 Å². The van der Waals surface area contributed by atoms with Crippen LogP contribution in [0.3, 0.4) is 0 Å². The minimum atomic E-state index is -0.191. The van der Waals surface area contributed by atoms with Crippen LogP contribution in [0, 0.1) is 32.1 Å². The molecule has 1 N–H and O–H groups in total. The maximum Gasteiger partial charge on any atom is 0.256 e. The zero-order valence-electron chi connectivity index (χ0n) is 12.1. The van der Waals surface area contributed by atoms with Crippen molar-refractivity contribution in [2.75, 3.05) is 5.32 Å². The van der Waals surface area contributed by atoms with E-state index in [1.807, 2.05) is 32.9 Å². The second-order valence-electron chi connectivity index (χ2n) is 5.03. The van der Waals surface area contributed by atoms with Crippen LogP contribution < -0.4 is 5.32 Å². The third-order valence-electron chi connectivity index (χ3n) is 3.25. The Morgan fingerprint density at radius 1 is 1.14 bits per heavy atom. The van der Waals surface area contributed by atoms with Gasteiger partial charge in [-0.05, 0) is 50.1 Å². The normalized spacial score (nSPS) is 10.0. The van der Waals surface area contributed by atoms with Crippen LogP contribution in [0.2, 0.25) is 0 Å². The van der Waals surface area contributed by atoms with Crippen LogP contribution >= 0.6 is 15.9 Å². The van der Waals surface area contributed by atoms with Gasteiger partial charge in [0.05, 0.1) is 11.3 Å². The maximum atomic E-state index is 12.5. The van der Waals surface area contributed by atoms with E-state index >= 15 is 0 Å². The second kappa shape index (κ2) is 6.11. The lowest BCUT2D eigenvalue weighted by atomic mass is 9.99. The molecule has 3 nitrogen and oxygen atoms in total. The number of rotatable bonds is 2. The van der Waals surface area contributed by atoms with Crippen molar-refractivity contribution < 1.29 is 4.79 Å². The zero-order valence-corrected chi connectivity index (χ0v) is 13.7. The minimum absolute atomic E-state index is 0.191. The van der Waals surface area contributed by atoms with Crippen LogP contribution in [-0.4, -0.2) is 5.91 Å². The molecule has 1 amide bonds. The third-order valence-corrected chi connectivity index (χ3v) is 3.75. The van der Waals surface area contributed by atoms with Crippen molar-refractivity contribution >= 4 is 27.5 Å². The first-order valence-electron chi connectivity index (χ1n) is 6.51. The summed E-state index contributed by atoms with van der Waals surface area (Å²) in [5, 5.41) is 12.0. The average molecular weight is 343 g/mol. The summed E-state index contributed by atoms with van der Waals surface area (Å²) >= 11 is 3.32. The SMILES string of the molecule is Cc1cc(C)c(C(=O)Nc2ccc(Br)cc2C#N)c(C)c1. The number of nitrogens with zero attached hydrogens (tertiary/aromatic N) is 1. The number of benzene rings is 2. The second-order valence-corrected chi connectivity index (χ2v) is 5.95. The van der Waals surface area contributed by atoms with Crippen molar-refractivity contribution in [3.8, 4) is 6.07 Å². The van der Waals surface area contributed by atoms with E-state index in [1.54, 1.807) is 18.2 Å². The standard InChI is InChI=1S/C17H15BrN2O/c1-10-6-11(2)16(12(3)7-10)17(21)20-15-5-4-14(18)8-13(15)9-19/h4-8H,1-3H3,(H,20,21). The molecule has 0 atom stereocenters. The van der Waals surface area contributed by atoms with Crippen LogP contribution in [0.25, 0.3) is 0 Å². The molecule has 2 aromatic rings. The molecule has 0 radical (unpaired) electrons. The van der Waals surface area contributed by atoms with Gasteiger partial charge in [0.15, 0.2) is 0 Å². The molecule has 0 bridgehead atoms. The molecule has 0 heterocycles. The number of amides is 1. The molecular weight excluding hydrogens is 328 g/mol. The van der Waals surface area contributed by atoms with Crippen LogP contribution in [-0.2, 0) is 0 Å². The summed E-state index contributed by atoms with van der Waals surface area (Å²) in [4.78, 5) is 12.5. The molecule has 21 heavy (non-hydrogen) atoms. The van der Waals surface area contributed by atoms with E-state index in [1.165, 1.54) is 0 Å². The Morgan fingerprint density at radius 3 is 2.33 bits per heavy atom. The molecule has 0 aromatic heterocycles. The lowest BCUT2D eigenvalue weighted by Gasteiger charge is -2.12. The maximum absolute atomic E-state index is 12.5. The summed E-state index contributed by atoms with van der Waals surface area (Å²) in [5.74, 6) is -0.191. The summed E-state index contributed by atoms with van der Waals surface area (Å²) in [6.07, 6.45) is 0. The van der Waals surface area contributed by atoms with Gasteiger partial charge in [0.2, 0.25) is 0 Å². The molecular formula is C17H15BrN2O. The lowest BCUT2D eigenvalue weighted by molar-refractivity contribution is 0.102. The highest BCUT2D eigenvalue weighted by Gasteiger charge is 2.14. The van der Waals surface area contributed by atoms with Gasteiger partial charge in [0.1, 0.15) is 6.07 Å². The first-order valence-corrected chi connectivity index (χ1v) is 7.30. The molecule has 4 heteroatoms. The monoisotopic (exact) mass is 342 g/mol. The van der Waals surface area contributed by atoms with E-state index in [0.29, 0.717) is 16.8 Å². The largest absolute Gasteiger partial charge is 0.321 e. The van der Waals surface area contributed by atoms with Crippen molar-refractivity contribution in [2.45, 2.75) is 20.8 Å². The van der Waals surface area contributed by atoms with E-state index in [9.17, 15) is 4.79 Å². The van der Waals surface area contributed by atoms with Gasteiger partial charge < -0.3 is 5.32 Å². The molecule has 0 aliphatic carbocycles. The number of aryl methyl sites for hydroxylation is 3. The highest BCUT2D eigenvalue weighted by atomic mass is 79.9. The molecule has 2 rings (SSSR count). The number of hydrogen-bond acceptors (Lipinski definition) is 2. The van der Waals surface area contributed by atoms with Crippen molar-refractivity contribution in [3.05, 3.63) is 62.6 Å². The first-order chi connectivity index (χ1) is 9.92. The summed E-state index contributed by atoms with van der Waals surface area (Å²) in [5.41, 5.74) is 4.60. The number of carbonyl (C=O) groups excluding carboxylic acids is 1. The number of nitrogens with one attached hydrogen (secondary N) is 1. The Morgan fingerprint density at radius 2 is 1.76 bits per heavy atom. The van der Waals surface area contributed by atoms with E-state index in [2.05, 4.69) is 27.3 Å². The molecule has 106 valence electrons. The molecule has 0 unspecified atom stereocenters. The number of halogens is 1. The summed E-state index contributed by atoms with van der Waals surface area (Å²) in [7, 11) is 0. The van der Waals surface area contributed by atoms with E-state index in [4.69, 9.17) is 5.26 Å². The lowest BCUT2D eigenvalue weighted by Crippen LogP contribution is -2.16. The van der Waals surface area contributed by atoms with Crippen LogP contribution in [0.15, 0.2) is 34.8 Å². The van der Waals surface area contributed by atoms with Gasteiger partial charge in [-0.1, -0.05) is 33.6 Å². The van der Waals surface area contributed by atoms with Gasteiger partial charge in [0.25, 0.3) is 5.91 Å². The van der Waals surface area contributed by atoms with Gasteiger partial charge in [-0.25, -0.2) is 0 Å². The number of nitriles is 1. The highest BCUT2D eigenvalue weighted by molar-refractivity contribution is 9.10. The van der Waals surface area contributed by atoms with Crippen molar-refractivity contribution in [1.82, 2.24) is 0 Å². The Labute approximate surface area is 132 Å². The average Bonchev–Trinajstić information content (AvgIpc) is 2.39. The number of anilines is 1. The molecule has 2 aromatic carbocycles. The van der Waals surface area contributed by atoms with Crippen molar-refractivity contribution in [1.29, 1.82) is 5.26 Å². The molecule has 0 fully saturated rings. The fraction of sp³-hybridized carbons (Fsp3) is 0.176. The van der Waals surface area contributed by atoms with Gasteiger partial charge in [-0.2, -0.15) is 5.26 Å². The molecule has 0 saturated heterocycles. The Bertz CT molecular complexity index is 737. The van der Waals surface area contributed by atoms with E-state index < -0.39 is 0 Å². The van der Waals surface area contributed by atoms with E-state index in [0.717, 1.165) is 21.2 Å². The zero-order chi connectivity index (χ0) is 15.6. The predicted octanol–water partition coefficient (Wildman–Crippen LogP) is 4.50. The summed E-state index contributed by atoms with van der Waals surface area (Å²) in [6.45, 7) is 5.84.